The van der Waals surface area contributed by atoms with Crippen molar-refractivity contribution >= 4 is 45.0 Å². The van der Waals surface area contributed by atoms with Gasteiger partial charge in [0, 0.05) is 23.9 Å². The lowest BCUT2D eigenvalue weighted by molar-refractivity contribution is 0.0560. The third-order valence-electron chi connectivity index (χ3n) is 6.93. The van der Waals surface area contributed by atoms with Crippen molar-refractivity contribution in [2.75, 3.05) is 11.9 Å². The van der Waals surface area contributed by atoms with Crippen molar-refractivity contribution in [2.45, 2.75) is 76.0 Å². The minimum absolute atomic E-state index is 0.0289. The van der Waals surface area contributed by atoms with Gasteiger partial charge in [-0.3, -0.25) is 15.1 Å². The van der Waals surface area contributed by atoms with Gasteiger partial charge in [0.15, 0.2) is 9.84 Å². The number of amides is 2. The van der Waals surface area contributed by atoms with Crippen LogP contribution < -0.4 is 15.4 Å². The van der Waals surface area contributed by atoms with E-state index < -0.39 is 43.0 Å². The average Bonchev–Trinajstić information content (AvgIpc) is 2.93. The molecule has 0 saturated carbocycles. The predicted octanol–water partition coefficient (Wildman–Crippen LogP) is 4.79. The molecule has 0 unspecified atom stereocenters. The predicted molar refractivity (Wildman–Crippen MR) is 149 cm³/mol. The van der Waals surface area contributed by atoms with Crippen LogP contribution in [0.25, 0.3) is 0 Å². The number of benzene rings is 1. The highest BCUT2D eigenvalue weighted by atomic mass is 35.5. The number of sulfone groups is 1. The second-order valence-corrected chi connectivity index (χ2v) is 14.5. The number of carbonyl (C=O) groups excluding carboxylic acids is 2. The van der Waals surface area contributed by atoms with Crippen molar-refractivity contribution in [1.29, 1.82) is 0 Å². The van der Waals surface area contributed by atoms with E-state index in [0.29, 0.717) is 27.6 Å². The number of aromatic nitrogens is 1. The molecule has 1 aromatic heterocycles. The summed E-state index contributed by atoms with van der Waals surface area (Å²) in [4.78, 5) is 34.6. The molecule has 4 rings (SSSR count). The number of anilines is 1. The zero-order valence-electron chi connectivity index (χ0n) is 23.0. The van der Waals surface area contributed by atoms with Gasteiger partial charge in [-0.2, -0.15) is 0 Å². The largest absolute Gasteiger partial charge is 0.493 e. The quantitative estimate of drug-likeness (QED) is 0.524. The lowest BCUT2D eigenvalue weighted by Gasteiger charge is -2.44. The summed E-state index contributed by atoms with van der Waals surface area (Å²) < 4.78 is 37.8. The minimum atomic E-state index is -3.90. The number of nitrogens with zero attached hydrogens (tertiary/aromatic N) is 2. The van der Waals surface area contributed by atoms with Crippen LogP contribution in [0.2, 0.25) is 5.02 Å². The first-order valence-electron chi connectivity index (χ1n) is 12.5. The van der Waals surface area contributed by atoms with E-state index >= 15 is 0 Å². The van der Waals surface area contributed by atoms with Crippen LogP contribution >= 0.6 is 11.6 Å². The molecule has 12 heteroatoms. The molecule has 210 valence electrons. The molecule has 0 fully saturated rings. The number of aliphatic imine (C=N–C) groups is 1. The number of halogens is 1. The standard InChI is InChI=1S/C27H33ClN4O6S/c1-15-12-16(28)14-29-21(15)22(33)30-17-8-9-19-18(13-17)27(7)20(10-11-37-19)39(35,36)26(5,6)23(32-27)31-24(34)38-25(2,3)4/h8-9,12-14,20H,10-11H2,1-7H3,(H,30,33)(H,31,32,34)/t20-,27-/m1/s1. The number of fused-ring (bicyclic) bond motifs is 3. The molecule has 0 saturated heterocycles. The molecule has 0 bridgehead atoms. The van der Waals surface area contributed by atoms with Gasteiger partial charge in [0.25, 0.3) is 5.91 Å². The van der Waals surface area contributed by atoms with Gasteiger partial charge < -0.3 is 14.8 Å². The highest BCUT2D eigenvalue weighted by Gasteiger charge is 2.58. The minimum Gasteiger partial charge on any atom is -0.493 e. The maximum atomic E-state index is 14.0. The maximum absolute atomic E-state index is 14.0. The van der Waals surface area contributed by atoms with E-state index in [9.17, 15) is 18.0 Å². The molecule has 1 aromatic carbocycles. The monoisotopic (exact) mass is 576 g/mol. The Kier molecular flexibility index (Phi) is 7.23. The van der Waals surface area contributed by atoms with E-state index in [1.165, 1.54) is 20.0 Å². The molecule has 3 heterocycles. The molecule has 0 radical (unpaired) electrons. The van der Waals surface area contributed by atoms with Gasteiger partial charge in [-0.1, -0.05) is 11.6 Å². The van der Waals surface area contributed by atoms with E-state index in [2.05, 4.69) is 15.6 Å². The number of rotatable bonds is 2. The number of carbonyl (C=O) groups is 2. The highest BCUT2D eigenvalue weighted by molar-refractivity contribution is 7.94. The summed E-state index contributed by atoms with van der Waals surface area (Å²) in [6.07, 6.45) is 0.779. The molecule has 0 aliphatic carbocycles. The van der Waals surface area contributed by atoms with Crippen LogP contribution in [0.1, 0.15) is 69.6 Å². The smallest absolute Gasteiger partial charge is 0.413 e. The summed E-state index contributed by atoms with van der Waals surface area (Å²) in [5.74, 6) is -0.0404. The van der Waals surface area contributed by atoms with Crippen LogP contribution in [0, 0.1) is 6.92 Å². The van der Waals surface area contributed by atoms with Gasteiger partial charge in [-0.15, -0.1) is 0 Å². The van der Waals surface area contributed by atoms with Crippen LogP contribution in [0.5, 0.6) is 5.75 Å². The van der Waals surface area contributed by atoms with Gasteiger partial charge in [0.1, 0.15) is 33.2 Å². The van der Waals surface area contributed by atoms with Crippen molar-refractivity contribution in [2.24, 2.45) is 4.99 Å². The van der Waals surface area contributed by atoms with E-state index in [0.717, 1.165) is 0 Å². The van der Waals surface area contributed by atoms with Gasteiger partial charge in [-0.05, 0) is 78.3 Å². The summed E-state index contributed by atoms with van der Waals surface area (Å²) in [5.41, 5.74) is -0.445. The van der Waals surface area contributed by atoms with Crippen molar-refractivity contribution in [3.05, 3.63) is 52.3 Å². The Morgan fingerprint density at radius 1 is 1.15 bits per heavy atom. The average molecular weight is 577 g/mol. The van der Waals surface area contributed by atoms with Crippen LogP contribution in [-0.4, -0.2) is 53.4 Å². The normalized spacial score (nSPS) is 23.2. The van der Waals surface area contributed by atoms with Crippen molar-refractivity contribution in [1.82, 2.24) is 10.3 Å². The number of aryl methyl sites for hydroxylation is 1. The number of ether oxygens (including phenoxy) is 2. The first kappa shape index (κ1) is 28.8. The van der Waals surface area contributed by atoms with Crippen LogP contribution in [0.4, 0.5) is 10.5 Å². The molecule has 2 amide bonds. The summed E-state index contributed by atoms with van der Waals surface area (Å²) in [7, 11) is -3.90. The van der Waals surface area contributed by atoms with Crippen molar-refractivity contribution in [3.63, 3.8) is 0 Å². The van der Waals surface area contributed by atoms with Crippen molar-refractivity contribution in [3.8, 4) is 5.75 Å². The summed E-state index contributed by atoms with van der Waals surface area (Å²) in [6.45, 7) is 11.8. The Hall–Kier alpha value is -3.18. The Bertz CT molecular complexity index is 1480. The SMILES string of the molecule is Cc1cc(Cl)cnc1C(=O)Nc1ccc2c(c1)[C@@]1(C)N=C(NC(=O)OC(C)(C)C)C(C)(C)S(=O)(=O)[C@@H]1CCO2. The van der Waals surface area contributed by atoms with Gasteiger partial charge >= 0.3 is 6.09 Å². The second-order valence-electron chi connectivity index (χ2n) is 11.4. The Morgan fingerprint density at radius 2 is 1.85 bits per heavy atom. The maximum Gasteiger partial charge on any atom is 0.413 e. The fourth-order valence-electron chi connectivity index (χ4n) is 4.85. The molecule has 2 aromatic rings. The number of alkyl carbamates (subject to hydrolysis) is 1. The molecule has 2 N–H and O–H groups in total. The zero-order valence-corrected chi connectivity index (χ0v) is 24.6. The second kappa shape index (κ2) is 9.78. The molecule has 2 aliphatic heterocycles. The number of hydrogen-bond acceptors (Lipinski definition) is 8. The third kappa shape index (κ3) is 5.34. The number of pyridine rings is 1. The Labute approximate surface area is 233 Å². The van der Waals surface area contributed by atoms with Gasteiger partial charge in [0.2, 0.25) is 0 Å². The van der Waals surface area contributed by atoms with E-state index in [1.54, 1.807) is 58.9 Å². The fourth-order valence-corrected chi connectivity index (χ4v) is 7.33. The molecular formula is C27H33ClN4O6S. The van der Waals surface area contributed by atoms with Crippen LogP contribution in [0.15, 0.2) is 35.5 Å². The molecular weight excluding hydrogens is 544 g/mol. The highest BCUT2D eigenvalue weighted by Crippen LogP contribution is 2.49. The fraction of sp³-hybridized carbons (Fsp3) is 0.481. The Balaban J connectivity index is 1.79. The number of nitrogens with one attached hydrogen (secondary N) is 2. The zero-order chi connectivity index (χ0) is 29.0. The van der Waals surface area contributed by atoms with E-state index in [4.69, 9.17) is 26.1 Å². The van der Waals surface area contributed by atoms with Gasteiger partial charge in [-0.25, -0.2) is 18.2 Å². The van der Waals surface area contributed by atoms with Crippen LogP contribution in [0.3, 0.4) is 0 Å². The van der Waals surface area contributed by atoms with Crippen LogP contribution in [-0.2, 0) is 20.1 Å². The molecule has 0 spiro atoms. The molecule has 39 heavy (non-hydrogen) atoms. The topological polar surface area (TPSA) is 136 Å². The molecule has 2 aliphatic rings. The van der Waals surface area contributed by atoms with Gasteiger partial charge in [0.05, 0.1) is 16.9 Å². The summed E-state index contributed by atoms with van der Waals surface area (Å²) in [6, 6.07) is 6.63. The lowest BCUT2D eigenvalue weighted by Crippen LogP contribution is -2.61. The third-order valence-corrected chi connectivity index (χ3v) is 10.2. The molecule has 10 nitrogen and oxygen atoms in total. The Morgan fingerprint density at radius 3 is 2.49 bits per heavy atom. The summed E-state index contributed by atoms with van der Waals surface area (Å²) >= 11 is 5.97. The summed E-state index contributed by atoms with van der Waals surface area (Å²) in [5, 5.41) is 4.88. The lowest BCUT2D eigenvalue weighted by atomic mass is 9.86. The number of amidine groups is 1. The first-order valence-corrected chi connectivity index (χ1v) is 14.4. The van der Waals surface area contributed by atoms with E-state index in [1.807, 2.05) is 0 Å². The van der Waals surface area contributed by atoms with E-state index in [-0.39, 0.29) is 24.6 Å². The number of hydrogen-bond donors (Lipinski definition) is 2. The first-order chi connectivity index (χ1) is 18.0. The van der Waals surface area contributed by atoms with Crippen molar-refractivity contribution < 1.29 is 27.5 Å². The molecule has 2 atom stereocenters.